The lowest BCUT2D eigenvalue weighted by Crippen LogP contribution is -2.37. The Balaban J connectivity index is 1.68. The number of aromatic nitrogens is 1. The van der Waals surface area contributed by atoms with E-state index in [1.165, 1.54) is 18.3 Å². The van der Waals surface area contributed by atoms with Crippen LogP contribution in [-0.2, 0) is 20.9 Å². The molecule has 1 aliphatic rings. The van der Waals surface area contributed by atoms with Gasteiger partial charge in [0.2, 0.25) is 12.0 Å². The van der Waals surface area contributed by atoms with E-state index in [0.29, 0.717) is 35.1 Å². The summed E-state index contributed by atoms with van der Waals surface area (Å²) in [6.45, 7) is 2.57. The van der Waals surface area contributed by atoms with Crippen molar-refractivity contribution in [3.8, 4) is 11.5 Å². The van der Waals surface area contributed by atoms with Gasteiger partial charge in [0.1, 0.15) is 6.61 Å². The average Bonchev–Trinajstić information content (AvgIpc) is 3.07. The first-order valence-electron chi connectivity index (χ1n) is 9.42. The van der Waals surface area contributed by atoms with E-state index in [1.54, 1.807) is 19.2 Å². The summed E-state index contributed by atoms with van der Waals surface area (Å²) >= 11 is 1.37. The molecular formula is C21H21N3O5S. The number of hydrogen-bond donors (Lipinski definition) is 1. The molecule has 1 aliphatic heterocycles. The number of carbonyl (C=O) groups excluding carboxylic acids is 2. The van der Waals surface area contributed by atoms with Gasteiger partial charge >= 0.3 is 0 Å². The fourth-order valence-electron chi connectivity index (χ4n) is 3.15. The molecule has 0 saturated carbocycles. The Morgan fingerprint density at radius 3 is 2.83 bits per heavy atom. The molecule has 156 valence electrons. The van der Waals surface area contributed by atoms with Crippen LogP contribution in [0.1, 0.15) is 6.92 Å². The molecule has 2 amide bonds. The van der Waals surface area contributed by atoms with Crippen LogP contribution < -0.4 is 19.6 Å². The zero-order chi connectivity index (χ0) is 21.1. The lowest BCUT2D eigenvalue weighted by molar-refractivity contribution is -0.127. The number of benzene rings is 2. The highest BCUT2D eigenvalue weighted by Crippen LogP contribution is 2.31. The number of hydrogen-bond acceptors (Lipinski definition) is 6. The number of amides is 2. The van der Waals surface area contributed by atoms with Gasteiger partial charge in [0, 0.05) is 26.3 Å². The maximum Gasteiger partial charge on any atom is 0.292 e. The molecule has 0 aliphatic carbocycles. The second kappa shape index (κ2) is 8.68. The molecule has 4 rings (SSSR count). The van der Waals surface area contributed by atoms with Gasteiger partial charge in [-0.1, -0.05) is 23.5 Å². The minimum Gasteiger partial charge on any atom is -0.485 e. The molecule has 8 nitrogen and oxygen atoms in total. The lowest BCUT2D eigenvalue weighted by atomic mass is 10.2. The van der Waals surface area contributed by atoms with Crippen LogP contribution in [0.4, 0.5) is 5.69 Å². The predicted octanol–water partition coefficient (Wildman–Crippen LogP) is 2.57. The van der Waals surface area contributed by atoms with Crippen molar-refractivity contribution in [1.82, 2.24) is 4.57 Å². The highest BCUT2D eigenvalue weighted by molar-refractivity contribution is 7.16. The van der Waals surface area contributed by atoms with Crippen LogP contribution in [0.15, 0.2) is 47.5 Å². The molecule has 1 unspecified atom stereocenters. The molecule has 9 heteroatoms. The summed E-state index contributed by atoms with van der Waals surface area (Å²) in [6, 6.07) is 12.8. The standard InChI is InChI=1S/C21H21N3O5S/c1-13(25)22-14-7-8-15-19(11-14)30-21(24(15)9-10-27-2)23-20(26)18-12-28-16-5-3-4-6-17(16)29-18/h3-8,11,18H,9-10,12H2,1-2H3,(H,22,25). The fourth-order valence-corrected chi connectivity index (χ4v) is 4.25. The Hall–Kier alpha value is -3.17. The SMILES string of the molecule is COCCn1c(=NC(=O)C2COc3ccccc3O2)sc2cc(NC(C)=O)ccc21. The van der Waals surface area contributed by atoms with E-state index >= 15 is 0 Å². The molecule has 0 saturated heterocycles. The van der Waals surface area contributed by atoms with Crippen molar-refractivity contribution >= 4 is 39.1 Å². The maximum absolute atomic E-state index is 12.8. The van der Waals surface area contributed by atoms with E-state index in [9.17, 15) is 9.59 Å². The van der Waals surface area contributed by atoms with E-state index in [0.717, 1.165) is 10.2 Å². The number of para-hydroxylation sites is 2. The third-order valence-electron chi connectivity index (χ3n) is 4.51. The van der Waals surface area contributed by atoms with Crippen LogP contribution in [-0.4, -0.2) is 42.8 Å². The summed E-state index contributed by atoms with van der Waals surface area (Å²) in [6.07, 6.45) is -0.809. The second-order valence-corrected chi connectivity index (χ2v) is 7.72. The van der Waals surface area contributed by atoms with Gasteiger partial charge in [-0.25, -0.2) is 0 Å². The Morgan fingerprint density at radius 1 is 1.27 bits per heavy atom. The molecule has 3 aromatic rings. The van der Waals surface area contributed by atoms with E-state index in [2.05, 4.69) is 10.3 Å². The van der Waals surface area contributed by atoms with Gasteiger partial charge in [0.05, 0.1) is 16.8 Å². The van der Waals surface area contributed by atoms with Crippen molar-refractivity contribution in [2.45, 2.75) is 19.6 Å². The molecule has 1 atom stereocenters. The minimum absolute atomic E-state index is 0.106. The Morgan fingerprint density at radius 2 is 2.07 bits per heavy atom. The van der Waals surface area contributed by atoms with Crippen LogP contribution in [0.2, 0.25) is 0 Å². The summed E-state index contributed by atoms with van der Waals surface area (Å²) in [5, 5.41) is 2.77. The molecule has 2 heterocycles. The number of thiazole rings is 1. The van der Waals surface area contributed by atoms with E-state index in [1.807, 2.05) is 34.9 Å². The van der Waals surface area contributed by atoms with Crippen molar-refractivity contribution < 1.29 is 23.8 Å². The van der Waals surface area contributed by atoms with E-state index in [4.69, 9.17) is 14.2 Å². The highest BCUT2D eigenvalue weighted by Gasteiger charge is 2.27. The van der Waals surface area contributed by atoms with Crippen molar-refractivity contribution in [3.05, 3.63) is 47.3 Å². The number of nitrogens with one attached hydrogen (secondary N) is 1. The summed E-state index contributed by atoms with van der Waals surface area (Å²) in [7, 11) is 1.62. The number of fused-ring (bicyclic) bond motifs is 2. The van der Waals surface area contributed by atoms with Crippen molar-refractivity contribution in [3.63, 3.8) is 0 Å². The Bertz CT molecular complexity index is 1170. The smallest absolute Gasteiger partial charge is 0.292 e. The zero-order valence-corrected chi connectivity index (χ0v) is 17.4. The number of nitrogens with zero attached hydrogens (tertiary/aromatic N) is 2. The molecule has 0 spiro atoms. The predicted molar refractivity (Wildman–Crippen MR) is 113 cm³/mol. The van der Waals surface area contributed by atoms with Crippen LogP contribution in [0, 0.1) is 0 Å². The summed E-state index contributed by atoms with van der Waals surface area (Å²) in [4.78, 5) is 29.0. The second-order valence-electron chi connectivity index (χ2n) is 6.71. The number of carbonyl (C=O) groups is 2. The van der Waals surface area contributed by atoms with Crippen molar-refractivity contribution in [2.24, 2.45) is 4.99 Å². The largest absolute Gasteiger partial charge is 0.485 e. The monoisotopic (exact) mass is 427 g/mol. The Kier molecular flexibility index (Phi) is 5.82. The maximum atomic E-state index is 12.8. The minimum atomic E-state index is -0.809. The van der Waals surface area contributed by atoms with E-state index < -0.39 is 12.0 Å². The molecule has 0 fully saturated rings. The quantitative estimate of drug-likeness (QED) is 0.676. The van der Waals surface area contributed by atoms with Gasteiger partial charge in [-0.05, 0) is 30.3 Å². The number of ether oxygens (including phenoxy) is 3. The summed E-state index contributed by atoms with van der Waals surface area (Å²) in [5.41, 5.74) is 1.59. The van der Waals surface area contributed by atoms with Gasteiger partial charge in [-0.3, -0.25) is 9.59 Å². The number of methoxy groups -OCH3 is 1. The van der Waals surface area contributed by atoms with E-state index in [-0.39, 0.29) is 12.5 Å². The summed E-state index contributed by atoms with van der Waals surface area (Å²) < 4.78 is 19.4. The average molecular weight is 427 g/mol. The number of rotatable bonds is 5. The van der Waals surface area contributed by atoms with Crippen LogP contribution in [0.5, 0.6) is 11.5 Å². The van der Waals surface area contributed by atoms with Gasteiger partial charge in [-0.2, -0.15) is 4.99 Å². The summed E-state index contributed by atoms with van der Waals surface area (Å²) in [5.74, 6) is 0.585. The third kappa shape index (κ3) is 4.22. The normalized spacial score (nSPS) is 15.9. The van der Waals surface area contributed by atoms with Gasteiger partial charge in [-0.15, -0.1) is 0 Å². The topological polar surface area (TPSA) is 91.2 Å². The molecule has 1 aromatic heterocycles. The molecular weight excluding hydrogens is 406 g/mol. The van der Waals surface area contributed by atoms with Crippen LogP contribution in [0.25, 0.3) is 10.2 Å². The van der Waals surface area contributed by atoms with Crippen molar-refractivity contribution in [1.29, 1.82) is 0 Å². The first-order valence-corrected chi connectivity index (χ1v) is 10.2. The zero-order valence-electron chi connectivity index (χ0n) is 16.6. The fraction of sp³-hybridized carbons (Fsp3) is 0.286. The molecule has 0 bridgehead atoms. The Labute approximate surface area is 176 Å². The van der Waals surface area contributed by atoms with Crippen molar-refractivity contribution in [2.75, 3.05) is 25.6 Å². The molecule has 1 N–H and O–H groups in total. The van der Waals surface area contributed by atoms with Crippen LogP contribution in [0.3, 0.4) is 0 Å². The molecule has 30 heavy (non-hydrogen) atoms. The first-order chi connectivity index (χ1) is 14.5. The van der Waals surface area contributed by atoms with Crippen LogP contribution >= 0.6 is 11.3 Å². The van der Waals surface area contributed by atoms with Gasteiger partial charge in [0.25, 0.3) is 5.91 Å². The molecule has 0 radical (unpaired) electrons. The first kappa shape index (κ1) is 20.1. The van der Waals surface area contributed by atoms with Gasteiger partial charge < -0.3 is 24.1 Å². The highest BCUT2D eigenvalue weighted by atomic mass is 32.1. The lowest BCUT2D eigenvalue weighted by Gasteiger charge is -2.23. The van der Waals surface area contributed by atoms with Gasteiger partial charge in [0.15, 0.2) is 16.3 Å². The number of anilines is 1. The third-order valence-corrected chi connectivity index (χ3v) is 5.55. The molecule has 2 aromatic carbocycles.